The summed E-state index contributed by atoms with van der Waals surface area (Å²) in [7, 11) is -3.37. The van der Waals surface area contributed by atoms with E-state index in [2.05, 4.69) is 15.0 Å². The predicted molar refractivity (Wildman–Crippen MR) is 69.9 cm³/mol. The van der Waals surface area contributed by atoms with E-state index in [9.17, 15) is 13.2 Å². The Morgan fingerprint density at radius 3 is 2.83 bits per heavy atom. The minimum atomic E-state index is -3.37. The fourth-order valence-electron chi connectivity index (χ4n) is 1.11. The van der Waals surface area contributed by atoms with Gasteiger partial charge in [0.05, 0.1) is 12.9 Å². The molecule has 0 saturated carbocycles. The lowest BCUT2D eigenvalue weighted by Crippen LogP contribution is -2.21. The van der Waals surface area contributed by atoms with Gasteiger partial charge in [0.15, 0.2) is 0 Å². The largest absolute Gasteiger partial charge is 0.368 e. The SMILES string of the molecule is CS(=O)(=O)N=CNCNc1cccc(C(N)=O)c1. The van der Waals surface area contributed by atoms with E-state index in [0.29, 0.717) is 11.3 Å². The first-order valence-electron chi connectivity index (χ1n) is 4.99. The molecule has 98 valence electrons. The van der Waals surface area contributed by atoms with E-state index in [1.807, 2.05) is 0 Å². The average molecular weight is 270 g/mol. The zero-order chi connectivity index (χ0) is 13.6. The van der Waals surface area contributed by atoms with Gasteiger partial charge >= 0.3 is 0 Å². The molecule has 0 aliphatic heterocycles. The number of nitrogens with one attached hydrogen (secondary N) is 2. The molecule has 18 heavy (non-hydrogen) atoms. The Balaban J connectivity index is 2.47. The van der Waals surface area contributed by atoms with E-state index in [0.717, 1.165) is 12.6 Å². The average Bonchev–Trinajstić information content (AvgIpc) is 2.27. The van der Waals surface area contributed by atoms with Crippen LogP contribution in [0, 0.1) is 0 Å². The molecule has 1 aromatic carbocycles. The van der Waals surface area contributed by atoms with Crippen LogP contribution in [-0.4, -0.2) is 33.6 Å². The first-order valence-corrected chi connectivity index (χ1v) is 6.84. The van der Waals surface area contributed by atoms with Crippen molar-refractivity contribution in [3.63, 3.8) is 0 Å². The fraction of sp³-hybridized carbons (Fsp3) is 0.200. The van der Waals surface area contributed by atoms with Crippen LogP contribution in [-0.2, 0) is 10.0 Å². The lowest BCUT2D eigenvalue weighted by molar-refractivity contribution is 0.100. The molecule has 0 heterocycles. The maximum absolute atomic E-state index is 10.9. The summed E-state index contributed by atoms with van der Waals surface area (Å²) in [6, 6.07) is 6.64. The summed E-state index contributed by atoms with van der Waals surface area (Å²) in [5.74, 6) is -0.509. The van der Waals surface area contributed by atoms with Crippen molar-refractivity contribution >= 4 is 28.0 Å². The molecule has 0 aliphatic carbocycles. The van der Waals surface area contributed by atoms with Gasteiger partial charge < -0.3 is 16.4 Å². The van der Waals surface area contributed by atoms with Crippen LogP contribution in [0.1, 0.15) is 10.4 Å². The molecular weight excluding hydrogens is 256 g/mol. The molecule has 0 radical (unpaired) electrons. The number of anilines is 1. The van der Waals surface area contributed by atoms with Gasteiger partial charge in [-0.1, -0.05) is 6.07 Å². The number of nitrogens with two attached hydrogens (primary N) is 1. The second-order valence-corrected chi connectivity index (χ2v) is 5.15. The molecule has 4 N–H and O–H groups in total. The van der Waals surface area contributed by atoms with E-state index in [-0.39, 0.29) is 6.67 Å². The number of carbonyl (C=O) groups excluding carboxylic acids is 1. The Hall–Kier alpha value is -2.09. The van der Waals surface area contributed by atoms with Gasteiger partial charge in [-0.3, -0.25) is 4.79 Å². The number of rotatable bonds is 6. The summed E-state index contributed by atoms with van der Waals surface area (Å²) < 4.78 is 24.6. The number of primary amides is 1. The Kier molecular flexibility index (Phi) is 4.67. The zero-order valence-electron chi connectivity index (χ0n) is 9.75. The van der Waals surface area contributed by atoms with Gasteiger partial charge in [-0.05, 0) is 18.2 Å². The molecule has 0 unspecified atom stereocenters. The van der Waals surface area contributed by atoms with E-state index >= 15 is 0 Å². The molecule has 0 aliphatic rings. The standard InChI is InChI=1S/C10H14N4O3S/c1-18(16,17)14-7-12-6-13-9-4-2-3-8(5-9)10(11)15/h2-5,7,13H,6H2,1H3,(H2,11,15)(H,12,14). The van der Waals surface area contributed by atoms with Gasteiger partial charge in [-0.25, -0.2) is 8.42 Å². The highest BCUT2D eigenvalue weighted by molar-refractivity contribution is 7.89. The highest BCUT2D eigenvalue weighted by Gasteiger charge is 2.00. The molecule has 0 fully saturated rings. The summed E-state index contributed by atoms with van der Waals surface area (Å²) in [5, 5.41) is 5.56. The van der Waals surface area contributed by atoms with E-state index in [1.165, 1.54) is 0 Å². The van der Waals surface area contributed by atoms with Crippen LogP contribution in [0.3, 0.4) is 0 Å². The van der Waals surface area contributed by atoms with Crippen LogP contribution in [0.4, 0.5) is 5.69 Å². The van der Waals surface area contributed by atoms with Crippen LogP contribution >= 0.6 is 0 Å². The number of hydrogen-bond acceptors (Lipinski definition) is 4. The fourth-order valence-corrected chi connectivity index (χ4v) is 1.38. The minimum Gasteiger partial charge on any atom is -0.368 e. The minimum absolute atomic E-state index is 0.265. The van der Waals surface area contributed by atoms with Gasteiger partial charge in [0.25, 0.3) is 10.0 Å². The number of benzene rings is 1. The Bertz CT molecular complexity index is 554. The molecule has 0 saturated heterocycles. The highest BCUT2D eigenvalue weighted by Crippen LogP contribution is 2.09. The number of amides is 1. The number of sulfonamides is 1. The highest BCUT2D eigenvalue weighted by atomic mass is 32.2. The summed E-state index contributed by atoms with van der Waals surface area (Å²) in [5.41, 5.74) is 6.22. The van der Waals surface area contributed by atoms with Crippen LogP contribution in [0.25, 0.3) is 0 Å². The summed E-state index contributed by atoms with van der Waals surface area (Å²) in [6.45, 7) is 0.265. The smallest absolute Gasteiger partial charge is 0.251 e. The number of hydrogen-bond donors (Lipinski definition) is 3. The van der Waals surface area contributed by atoms with Gasteiger partial charge in [-0.2, -0.15) is 4.40 Å². The van der Waals surface area contributed by atoms with Crippen LogP contribution < -0.4 is 16.4 Å². The second-order valence-electron chi connectivity index (χ2n) is 3.47. The lowest BCUT2D eigenvalue weighted by atomic mass is 10.2. The molecular formula is C10H14N4O3S. The van der Waals surface area contributed by atoms with E-state index in [4.69, 9.17) is 5.73 Å². The topological polar surface area (TPSA) is 114 Å². The lowest BCUT2D eigenvalue weighted by Gasteiger charge is -2.06. The quantitative estimate of drug-likeness (QED) is 0.285. The summed E-state index contributed by atoms with van der Waals surface area (Å²) in [4.78, 5) is 10.9. The first kappa shape index (κ1) is 14.0. The molecule has 1 rings (SSSR count). The monoisotopic (exact) mass is 270 g/mol. The van der Waals surface area contributed by atoms with Crippen molar-refractivity contribution in [2.75, 3.05) is 18.2 Å². The van der Waals surface area contributed by atoms with E-state index in [1.54, 1.807) is 24.3 Å². The van der Waals surface area contributed by atoms with Gasteiger partial charge in [0.1, 0.15) is 6.34 Å². The van der Waals surface area contributed by atoms with E-state index < -0.39 is 15.9 Å². The molecule has 0 bridgehead atoms. The third-order valence-electron chi connectivity index (χ3n) is 1.88. The first-order chi connectivity index (χ1) is 8.38. The summed E-state index contributed by atoms with van der Waals surface area (Å²) in [6.07, 6.45) is 2.08. The molecule has 0 aromatic heterocycles. The number of carbonyl (C=O) groups is 1. The van der Waals surface area contributed by atoms with Crippen molar-refractivity contribution < 1.29 is 13.2 Å². The second kappa shape index (κ2) is 6.01. The van der Waals surface area contributed by atoms with Gasteiger partial charge in [-0.15, -0.1) is 0 Å². The predicted octanol–water partition coefficient (Wildman–Crippen LogP) is -0.268. The third-order valence-corrected chi connectivity index (χ3v) is 2.37. The normalized spacial score (nSPS) is 11.4. The van der Waals surface area contributed by atoms with Crippen molar-refractivity contribution in [3.8, 4) is 0 Å². The molecule has 8 heteroatoms. The van der Waals surface area contributed by atoms with Gasteiger partial charge in [0.2, 0.25) is 5.91 Å². The Morgan fingerprint density at radius 2 is 2.22 bits per heavy atom. The number of nitrogens with zero attached hydrogens (tertiary/aromatic N) is 1. The van der Waals surface area contributed by atoms with Crippen molar-refractivity contribution in [1.29, 1.82) is 0 Å². The van der Waals surface area contributed by atoms with Crippen molar-refractivity contribution in [2.45, 2.75) is 0 Å². The van der Waals surface area contributed by atoms with Crippen LogP contribution in [0.2, 0.25) is 0 Å². The van der Waals surface area contributed by atoms with Crippen molar-refractivity contribution in [2.24, 2.45) is 10.1 Å². The third kappa shape index (κ3) is 5.30. The maximum Gasteiger partial charge on any atom is 0.251 e. The van der Waals surface area contributed by atoms with Crippen LogP contribution in [0.5, 0.6) is 0 Å². The Labute approximate surface area is 105 Å². The molecule has 7 nitrogen and oxygen atoms in total. The molecule has 1 amide bonds. The van der Waals surface area contributed by atoms with Crippen molar-refractivity contribution in [3.05, 3.63) is 29.8 Å². The summed E-state index contributed by atoms with van der Waals surface area (Å²) >= 11 is 0. The van der Waals surface area contributed by atoms with Gasteiger partial charge in [0, 0.05) is 11.3 Å². The Morgan fingerprint density at radius 1 is 1.50 bits per heavy atom. The van der Waals surface area contributed by atoms with Crippen molar-refractivity contribution in [1.82, 2.24) is 5.32 Å². The molecule has 0 spiro atoms. The van der Waals surface area contributed by atoms with Crippen LogP contribution in [0.15, 0.2) is 28.7 Å². The zero-order valence-corrected chi connectivity index (χ0v) is 10.6. The molecule has 1 aromatic rings. The maximum atomic E-state index is 10.9. The molecule has 0 atom stereocenters.